The summed E-state index contributed by atoms with van der Waals surface area (Å²) in [5, 5.41) is 0. The van der Waals surface area contributed by atoms with E-state index in [0.717, 1.165) is 43.3 Å². The van der Waals surface area contributed by atoms with Gasteiger partial charge in [-0.05, 0) is 54.4 Å². The number of nitrogens with zero attached hydrogens (tertiary/aromatic N) is 2. The minimum absolute atomic E-state index is 0.127. The quantitative estimate of drug-likeness (QED) is 0.364. The molecule has 0 spiro atoms. The van der Waals surface area contributed by atoms with Gasteiger partial charge in [0.15, 0.2) is 0 Å². The Morgan fingerprint density at radius 1 is 0.812 bits per heavy atom. The summed E-state index contributed by atoms with van der Waals surface area (Å²) in [7, 11) is 1.75. The molecule has 4 aromatic rings. The van der Waals surface area contributed by atoms with Crippen LogP contribution in [-0.4, -0.2) is 23.1 Å². The Balaban J connectivity index is 1.47. The lowest BCUT2D eigenvalue weighted by atomic mass is 10.00. The number of methoxy groups -OCH3 is 1. The minimum Gasteiger partial charge on any atom is -0.496 e. The molecule has 1 unspecified atom stereocenters. The van der Waals surface area contributed by atoms with Crippen LogP contribution in [-0.2, 0) is 13.1 Å². The van der Waals surface area contributed by atoms with E-state index in [1.165, 1.54) is 16.8 Å². The fourth-order valence-electron chi connectivity index (χ4n) is 4.62. The van der Waals surface area contributed by atoms with Crippen molar-refractivity contribution in [2.24, 2.45) is 0 Å². The fourth-order valence-corrected chi connectivity index (χ4v) is 4.62. The van der Waals surface area contributed by atoms with Crippen molar-refractivity contribution in [2.75, 3.05) is 13.7 Å². The molecule has 3 aromatic carbocycles. The summed E-state index contributed by atoms with van der Waals surface area (Å²) in [5.74, 6) is 2.64. The zero-order valence-electron chi connectivity index (χ0n) is 18.4. The fraction of sp³-hybridized carbons (Fsp3) is 0.214. The lowest BCUT2D eigenvalue weighted by molar-refractivity contribution is 0.216. The maximum atomic E-state index is 6.08. The number of benzene rings is 3. The molecule has 0 aliphatic carbocycles. The van der Waals surface area contributed by atoms with Gasteiger partial charge in [-0.25, -0.2) is 0 Å². The molecule has 5 rings (SSSR count). The smallest absolute Gasteiger partial charge is 0.127 e. The van der Waals surface area contributed by atoms with E-state index in [0.29, 0.717) is 0 Å². The summed E-state index contributed by atoms with van der Waals surface area (Å²) in [5.41, 5.74) is 3.75. The van der Waals surface area contributed by atoms with E-state index < -0.39 is 0 Å². The van der Waals surface area contributed by atoms with Gasteiger partial charge in [-0.3, -0.25) is 4.90 Å². The Morgan fingerprint density at radius 3 is 2.50 bits per heavy atom. The molecule has 1 aromatic heterocycles. The molecule has 32 heavy (non-hydrogen) atoms. The van der Waals surface area contributed by atoms with Crippen LogP contribution >= 0.6 is 0 Å². The molecule has 1 atom stereocenters. The average Bonchev–Trinajstić information content (AvgIpc) is 3.21. The number of fused-ring (bicyclic) bond motifs is 1. The van der Waals surface area contributed by atoms with Gasteiger partial charge >= 0.3 is 0 Å². The van der Waals surface area contributed by atoms with Gasteiger partial charge in [0, 0.05) is 37.1 Å². The largest absolute Gasteiger partial charge is 0.496 e. The van der Waals surface area contributed by atoms with E-state index in [9.17, 15) is 0 Å². The Morgan fingerprint density at radius 2 is 1.62 bits per heavy atom. The van der Waals surface area contributed by atoms with Crippen LogP contribution in [0.25, 0.3) is 0 Å². The summed E-state index contributed by atoms with van der Waals surface area (Å²) in [6.45, 7) is 2.87. The molecule has 0 saturated heterocycles. The molecule has 0 N–H and O–H groups in total. The normalized spacial score (nSPS) is 16.2. The first-order chi connectivity index (χ1) is 15.8. The molecular weight excluding hydrogens is 396 g/mol. The summed E-state index contributed by atoms with van der Waals surface area (Å²) in [6, 6.07) is 31.3. The highest BCUT2D eigenvalue weighted by Crippen LogP contribution is 2.37. The second-order valence-electron chi connectivity index (χ2n) is 8.16. The van der Waals surface area contributed by atoms with Gasteiger partial charge in [-0.2, -0.15) is 0 Å². The van der Waals surface area contributed by atoms with E-state index in [2.05, 4.69) is 64.2 Å². The van der Waals surface area contributed by atoms with E-state index in [1.807, 2.05) is 42.5 Å². The number of hydrogen-bond donors (Lipinski definition) is 0. The predicted molar refractivity (Wildman–Crippen MR) is 127 cm³/mol. The summed E-state index contributed by atoms with van der Waals surface area (Å²) < 4.78 is 14.2. The topological polar surface area (TPSA) is 26.6 Å². The van der Waals surface area contributed by atoms with Crippen LogP contribution in [0.5, 0.6) is 17.2 Å². The molecule has 1 aliphatic rings. The highest BCUT2D eigenvalue weighted by Gasteiger charge is 2.29. The molecular formula is C28H28N2O2. The number of para-hydroxylation sites is 2. The maximum Gasteiger partial charge on any atom is 0.127 e. The number of aromatic nitrogens is 1. The monoisotopic (exact) mass is 424 g/mol. The molecule has 2 heterocycles. The van der Waals surface area contributed by atoms with E-state index >= 15 is 0 Å². The Labute approximate surface area is 189 Å². The molecule has 162 valence electrons. The molecule has 0 bridgehead atoms. The van der Waals surface area contributed by atoms with Crippen LogP contribution in [0.15, 0.2) is 97.2 Å². The highest BCUT2D eigenvalue weighted by atomic mass is 16.5. The van der Waals surface area contributed by atoms with Crippen molar-refractivity contribution < 1.29 is 9.47 Å². The van der Waals surface area contributed by atoms with Gasteiger partial charge < -0.3 is 14.0 Å². The van der Waals surface area contributed by atoms with Gasteiger partial charge in [0.05, 0.1) is 13.2 Å². The molecule has 4 heteroatoms. The molecule has 1 aliphatic heterocycles. The highest BCUT2D eigenvalue weighted by molar-refractivity contribution is 5.41. The lowest BCUT2D eigenvalue weighted by Crippen LogP contribution is -2.29. The zero-order valence-corrected chi connectivity index (χ0v) is 18.4. The Bertz CT molecular complexity index is 1170. The number of ether oxygens (including phenoxy) is 2. The first-order valence-corrected chi connectivity index (χ1v) is 11.2. The van der Waals surface area contributed by atoms with Crippen molar-refractivity contribution in [3.8, 4) is 17.2 Å². The summed E-state index contributed by atoms with van der Waals surface area (Å²) in [4.78, 5) is 2.55. The van der Waals surface area contributed by atoms with Crippen LogP contribution in [0, 0.1) is 0 Å². The standard InChI is InChI=1S/C28H28N2O2/c1-31-27-16-6-5-14-25(27)28-26-15-8-17-29(26)18-9-19-30(28)21-22-10-7-13-24(20-22)32-23-11-3-2-4-12-23/h2-8,10-17,20,28H,9,18-19,21H2,1H3. The van der Waals surface area contributed by atoms with Gasteiger partial charge in [0.1, 0.15) is 17.2 Å². The first-order valence-electron chi connectivity index (χ1n) is 11.2. The van der Waals surface area contributed by atoms with Gasteiger partial charge in [-0.1, -0.05) is 48.5 Å². The third-order valence-corrected chi connectivity index (χ3v) is 6.05. The van der Waals surface area contributed by atoms with Crippen molar-refractivity contribution in [2.45, 2.75) is 25.6 Å². The molecule has 4 nitrogen and oxygen atoms in total. The number of rotatable bonds is 6. The second-order valence-corrected chi connectivity index (χ2v) is 8.16. The van der Waals surface area contributed by atoms with Gasteiger partial charge in [0.2, 0.25) is 0 Å². The molecule has 0 amide bonds. The van der Waals surface area contributed by atoms with Crippen molar-refractivity contribution in [1.29, 1.82) is 0 Å². The van der Waals surface area contributed by atoms with Crippen molar-refractivity contribution in [1.82, 2.24) is 9.47 Å². The predicted octanol–water partition coefficient (Wildman–Crippen LogP) is 6.28. The maximum absolute atomic E-state index is 6.08. The number of hydrogen-bond acceptors (Lipinski definition) is 3. The van der Waals surface area contributed by atoms with Gasteiger partial charge in [0.25, 0.3) is 0 Å². The van der Waals surface area contributed by atoms with Crippen LogP contribution in [0.2, 0.25) is 0 Å². The van der Waals surface area contributed by atoms with E-state index in [4.69, 9.17) is 9.47 Å². The summed E-state index contributed by atoms with van der Waals surface area (Å²) >= 11 is 0. The molecule has 0 fully saturated rings. The van der Waals surface area contributed by atoms with Crippen LogP contribution in [0.1, 0.15) is 29.3 Å². The lowest BCUT2D eigenvalue weighted by Gasteiger charge is -2.31. The minimum atomic E-state index is 0.127. The van der Waals surface area contributed by atoms with Crippen molar-refractivity contribution in [3.63, 3.8) is 0 Å². The van der Waals surface area contributed by atoms with E-state index in [1.54, 1.807) is 7.11 Å². The second kappa shape index (κ2) is 9.33. The third kappa shape index (κ3) is 4.27. The zero-order chi connectivity index (χ0) is 21.8. The van der Waals surface area contributed by atoms with Crippen LogP contribution < -0.4 is 9.47 Å². The van der Waals surface area contributed by atoms with Crippen LogP contribution in [0.4, 0.5) is 0 Å². The summed E-state index contributed by atoms with van der Waals surface area (Å²) in [6.07, 6.45) is 3.29. The van der Waals surface area contributed by atoms with Crippen molar-refractivity contribution in [3.05, 3.63) is 114 Å². The third-order valence-electron chi connectivity index (χ3n) is 6.05. The average molecular weight is 425 g/mol. The SMILES string of the molecule is COc1ccccc1C1c2cccn2CCCN1Cc1cccc(Oc2ccccc2)c1. The molecule has 0 saturated carbocycles. The number of aryl methyl sites for hydroxylation is 1. The Hall–Kier alpha value is -3.50. The van der Waals surface area contributed by atoms with Crippen molar-refractivity contribution >= 4 is 0 Å². The Kier molecular flexibility index (Phi) is 5.95. The molecule has 0 radical (unpaired) electrons. The van der Waals surface area contributed by atoms with E-state index in [-0.39, 0.29) is 6.04 Å². The van der Waals surface area contributed by atoms with Crippen LogP contribution in [0.3, 0.4) is 0 Å². The van der Waals surface area contributed by atoms with Gasteiger partial charge in [-0.15, -0.1) is 0 Å². The first kappa shape index (κ1) is 20.4.